The first-order valence-corrected chi connectivity index (χ1v) is 8.43. The maximum absolute atomic E-state index is 12.4. The Morgan fingerprint density at radius 2 is 1.60 bits per heavy atom. The molecule has 1 amide bonds. The summed E-state index contributed by atoms with van der Waals surface area (Å²) in [4.78, 5) is 12.1. The standard InChI is InChI=1S/C16H17NO7S/c1-22-13-7-10(8-14(23-2)15(13)24-3)16(18)17-11-5-4-6-12(9-11)25(19,20)21/h4-9H,1-3H3,(H,17,18)(H,19,20,21). The van der Waals surface area contributed by atoms with Crippen LogP contribution in [0.25, 0.3) is 0 Å². The zero-order valence-corrected chi connectivity index (χ0v) is 14.6. The largest absolute Gasteiger partial charge is 0.493 e. The molecule has 9 heteroatoms. The van der Waals surface area contributed by atoms with Crippen molar-refractivity contribution in [1.82, 2.24) is 0 Å². The lowest BCUT2D eigenvalue weighted by atomic mass is 10.1. The average Bonchev–Trinajstić information content (AvgIpc) is 2.59. The normalized spacial score (nSPS) is 10.9. The zero-order chi connectivity index (χ0) is 18.6. The first kappa shape index (κ1) is 18.6. The van der Waals surface area contributed by atoms with Crippen molar-refractivity contribution in [2.45, 2.75) is 4.90 Å². The van der Waals surface area contributed by atoms with Crippen LogP contribution in [0.15, 0.2) is 41.3 Å². The van der Waals surface area contributed by atoms with Gasteiger partial charge in [0.1, 0.15) is 0 Å². The van der Waals surface area contributed by atoms with E-state index >= 15 is 0 Å². The van der Waals surface area contributed by atoms with Crippen LogP contribution in [0.2, 0.25) is 0 Å². The summed E-state index contributed by atoms with van der Waals surface area (Å²) in [6, 6.07) is 8.17. The Kier molecular flexibility index (Phi) is 5.50. The summed E-state index contributed by atoms with van der Waals surface area (Å²) in [6.07, 6.45) is 0. The molecule has 0 aromatic heterocycles. The first-order valence-electron chi connectivity index (χ1n) is 6.99. The lowest BCUT2D eigenvalue weighted by Crippen LogP contribution is -2.13. The highest BCUT2D eigenvalue weighted by atomic mass is 32.2. The molecule has 8 nitrogen and oxygen atoms in total. The molecule has 0 heterocycles. The molecule has 2 aromatic rings. The minimum absolute atomic E-state index is 0.203. The van der Waals surface area contributed by atoms with Gasteiger partial charge in [0.25, 0.3) is 16.0 Å². The number of ether oxygens (including phenoxy) is 3. The number of hydrogen-bond donors (Lipinski definition) is 2. The minimum Gasteiger partial charge on any atom is -0.493 e. The van der Waals surface area contributed by atoms with Crippen LogP contribution in [0, 0.1) is 0 Å². The Bertz CT molecular complexity index is 868. The van der Waals surface area contributed by atoms with Crippen LogP contribution in [0.5, 0.6) is 17.2 Å². The van der Waals surface area contributed by atoms with Crippen LogP contribution >= 0.6 is 0 Å². The average molecular weight is 367 g/mol. The minimum atomic E-state index is -4.36. The molecule has 2 aromatic carbocycles. The van der Waals surface area contributed by atoms with Crippen molar-refractivity contribution < 1.29 is 32.0 Å². The van der Waals surface area contributed by atoms with Crippen molar-refractivity contribution in [2.24, 2.45) is 0 Å². The lowest BCUT2D eigenvalue weighted by molar-refractivity contribution is 0.102. The highest BCUT2D eigenvalue weighted by molar-refractivity contribution is 7.85. The van der Waals surface area contributed by atoms with Crippen molar-refractivity contribution in [3.63, 3.8) is 0 Å². The van der Waals surface area contributed by atoms with Gasteiger partial charge in [0.15, 0.2) is 11.5 Å². The number of carbonyl (C=O) groups is 1. The van der Waals surface area contributed by atoms with E-state index in [1.807, 2.05) is 0 Å². The molecule has 0 saturated carbocycles. The summed E-state index contributed by atoms with van der Waals surface area (Å²) in [6.45, 7) is 0. The molecular weight excluding hydrogens is 350 g/mol. The Balaban J connectivity index is 2.36. The molecule has 0 fully saturated rings. The quantitative estimate of drug-likeness (QED) is 0.753. The molecule has 0 radical (unpaired) electrons. The van der Waals surface area contributed by atoms with Gasteiger partial charge in [-0.15, -0.1) is 0 Å². The van der Waals surface area contributed by atoms with Crippen molar-refractivity contribution in [3.8, 4) is 17.2 Å². The number of methoxy groups -OCH3 is 3. The van der Waals surface area contributed by atoms with E-state index in [9.17, 15) is 13.2 Å². The highest BCUT2D eigenvalue weighted by Gasteiger charge is 2.18. The van der Waals surface area contributed by atoms with E-state index in [0.29, 0.717) is 17.2 Å². The van der Waals surface area contributed by atoms with Crippen molar-refractivity contribution in [3.05, 3.63) is 42.0 Å². The van der Waals surface area contributed by atoms with Gasteiger partial charge in [0, 0.05) is 11.3 Å². The monoisotopic (exact) mass is 367 g/mol. The molecule has 0 aliphatic heterocycles. The smallest absolute Gasteiger partial charge is 0.294 e. The fourth-order valence-corrected chi connectivity index (χ4v) is 2.68. The van der Waals surface area contributed by atoms with E-state index in [-0.39, 0.29) is 16.1 Å². The van der Waals surface area contributed by atoms with Gasteiger partial charge in [0.2, 0.25) is 5.75 Å². The van der Waals surface area contributed by atoms with E-state index in [1.165, 1.54) is 51.7 Å². The molecule has 0 aliphatic carbocycles. The molecule has 0 spiro atoms. The lowest BCUT2D eigenvalue weighted by Gasteiger charge is -2.14. The summed E-state index contributed by atoms with van der Waals surface area (Å²) < 4.78 is 47.0. The Labute approximate surface area is 145 Å². The second kappa shape index (κ2) is 7.41. The van der Waals surface area contributed by atoms with E-state index in [2.05, 4.69) is 5.32 Å². The number of benzene rings is 2. The Morgan fingerprint density at radius 1 is 1.00 bits per heavy atom. The van der Waals surface area contributed by atoms with Crippen LogP contribution in [-0.2, 0) is 10.1 Å². The fourth-order valence-electron chi connectivity index (χ4n) is 2.15. The zero-order valence-electron chi connectivity index (χ0n) is 13.8. The Morgan fingerprint density at radius 3 is 2.08 bits per heavy atom. The van der Waals surface area contributed by atoms with Crippen LogP contribution < -0.4 is 19.5 Å². The molecule has 0 saturated heterocycles. The summed E-state index contributed by atoms with van der Waals surface area (Å²) in [5.41, 5.74) is 0.417. The van der Waals surface area contributed by atoms with Gasteiger partial charge in [-0.05, 0) is 30.3 Å². The van der Waals surface area contributed by atoms with Crippen LogP contribution in [0.4, 0.5) is 5.69 Å². The van der Waals surface area contributed by atoms with Gasteiger partial charge < -0.3 is 19.5 Å². The van der Waals surface area contributed by atoms with E-state index in [4.69, 9.17) is 18.8 Å². The predicted molar refractivity (Wildman–Crippen MR) is 90.3 cm³/mol. The molecule has 0 aliphatic rings. The maximum atomic E-state index is 12.4. The summed E-state index contributed by atoms with van der Waals surface area (Å²) in [5.74, 6) is 0.430. The Hall–Kier alpha value is -2.78. The molecule has 134 valence electrons. The van der Waals surface area contributed by atoms with Gasteiger partial charge in [-0.1, -0.05) is 6.07 Å². The highest BCUT2D eigenvalue weighted by Crippen LogP contribution is 2.38. The molecule has 2 N–H and O–H groups in total. The van der Waals surface area contributed by atoms with E-state index < -0.39 is 16.0 Å². The first-order chi connectivity index (χ1) is 11.8. The summed E-state index contributed by atoms with van der Waals surface area (Å²) >= 11 is 0. The van der Waals surface area contributed by atoms with Gasteiger partial charge in [-0.3, -0.25) is 9.35 Å². The fraction of sp³-hybridized carbons (Fsp3) is 0.188. The van der Waals surface area contributed by atoms with Gasteiger partial charge >= 0.3 is 0 Å². The van der Waals surface area contributed by atoms with E-state index in [1.54, 1.807) is 0 Å². The summed E-state index contributed by atoms with van der Waals surface area (Å²) in [7, 11) is -0.0682. The van der Waals surface area contributed by atoms with Crippen molar-refractivity contribution in [1.29, 1.82) is 0 Å². The number of anilines is 1. The molecule has 0 unspecified atom stereocenters. The predicted octanol–water partition coefficient (Wildman–Crippen LogP) is 2.21. The number of hydrogen-bond acceptors (Lipinski definition) is 6. The molecule has 0 bridgehead atoms. The molecule has 2 rings (SSSR count). The van der Waals surface area contributed by atoms with Crippen molar-refractivity contribution in [2.75, 3.05) is 26.6 Å². The van der Waals surface area contributed by atoms with Gasteiger partial charge in [-0.25, -0.2) is 0 Å². The van der Waals surface area contributed by atoms with Gasteiger partial charge in [-0.2, -0.15) is 8.42 Å². The van der Waals surface area contributed by atoms with Crippen LogP contribution in [0.3, 0.4) is 0 Å². The molecule has 0 atom stereocenters. The third-order valence-electron chi connectivity index (χ3n) is 3.32. The van der Waals surface area contributed by atoms with Crippen molar-refractivity contribution >= 4 is 21.7 Å². The number of rotatable bonds is 6. The van der Waals surface area contributed by atoms with E-state index in [0.717, 1.165) is 6.07 Å². The third kappa shape index (κ3) is 4.20. The number of amides is 1. The number of carbonyl (C=O) groups excluding carboxylic acids is 1. The SMILES string of the molecule is COc1cc(C(=O)Nc2cccc(S(=O)(=O)O)c2)cc(OC)c1OC. The van der Waals surface area contributed by atoms with Crippen LogP contribution in [-0.4, -0.2) is 40.2 Å². The summed E-state index contributed by atoms with van der Waals surface area (Å²) in [5, 5.41) is 2.54. The van der Waals surface area contributed by atoms with Crippen LogP contribution in [0.1, 0.15) is 10.4 Å². The second-order valence-corrected chi connectivity index (χ2v) is 6.29. The third-order valence-corrected chi connectivity index (χ3v) is 4.17. The topological polar surface area (TPSA) is 111 Å². The molecular formula is C16H17NO7S. The number of nitrogens with one attached hydrogen (secondary N) is 1. The molecule has 25 heavy (non-hydrogen) atoms. The maximum Gasteiger partial charge on any atom is 0.294 e. The second-order valence-electron chi connectivity index (χ2n) is 4.87. The van der Waals surface area contributed by atoms with Gasteiger partial charge in [0.05, 0.1) is 26.2 Å².